The Morgan fingerprint density at radius 1 is 0.900 bits per heavy atom. The molecule has 2 aromatic rings. The lowest BCUT2D eigenvalue weighted by atomic mass is 10.1. The van der Waals surface area contributed by atoms with Crippen molar-refractivity contribution in [1.29, 1.82) is 0 Å². The lowest BCUT2D eigenvalue weighted by Gasteiger charge is -2.16. The van der Waals surface area contributed by atoms with Crippen molar-refractivity contribution in [1.82, 2.24) is 10.6 Å². The Morgan fingerprint density at radius 2 is 1.60 bits per heavy atom. The maximum atomic E-state index is 5.75. The van der Waals surface area contributed by atoms with E-state index in [2.05, 4.69) is 22.5 Å². The summed E-state index contributed by atoms with van der Waals surface area (Å²) in [5, 5.41) is 6.51. The Morgan fingerprint density at radius 3 is 2.20 bits per heavy atom. The Hall–Kier alpha value is -2.36. The van der Waals surface area contributed by atoms with E-state index in [9.17, 15) is 0 Å². The zero-order valence-corrected chi connectivity index (χ0v) is 20.6. The molecule has 0 aliphatic rings. The maximum absolute atomic E-state index is 5.75. The first-order valence-electron chi connectivity index (χ1n) is 9.62. The highest BCUT2D eigenvalue weighted by Crippen LogP contribution is 2.39. The van der Waals surface area contributed by atoms with Crippen LogP contribution in [0.1, 0.15) is 18.1 Å². The average molecular weight is 529 g/mol. The zero-order chi connectivity index (χ0) is 21.1. The van der Waals surface area contributed by atoms with Crippen LogP contribution in [-0.2, 0) is 6.54 Å². The number of rotatable bonds is 10. The molecule has 0 saturated carbocycles. The number of nitrogens with zero attached hydrogens (tertiary/aromatic N) is 1. The monoisotopic (exact) mass is 529 g/mol. The van der Waals surface area contributed by atoms with Crippen LogP contribution in [0.3, 0.4) is 0 Å². The molecule has 2 rings (SSSR count). The number of benzene rings is 2. The van der Waals surface area contributed by atoms with Gasteiger partial charge in [0.1, 0.15) is 12.4 Å². The van der Waals surface area contributed by atoms with Gasteiger partial charge in [0.25, 0.3) is 0 Å². The molecule has 0 saturated heterocycles. The van der Waals surface area contributed by atoms with Gasteiger partial charge in [-0.25, -0.2) is 4.99 Å². The third-order valence-corrected chi connectivity index (χ3v) is 4.22. The maximum Gasteiger partial charge on any atom is 0.203 e. The van der Waals surface area contributed by atoms with Gasteiger partial charge in [-0.05, 0) is 38.1 Å². The lowest BCUT2D eigenvalue weighted by molar-refractivity contribution is 0.321. The van der Waals surface area contributed by atoms with Crippen LogP contribution in [0.15, 0.2) is 41.4 Å². The molecule has 30 heavy (non-hydrogen) atoms. The number of nitrogens with one attached hydrogen (secondary N) is 2. The van der Waals surface area contributed by atoms with Crippen LogP contribution in [0, 0.1) is 6.92 Å². The standard InChI is InChI=1S/C22H31N3O4.HI/c1-6-23-22(24-13-14-29-18-10-7-16(2)8-11-18)25-15-17-9-12-19(26-3)21(28-5)20(17)27-4;/h7-12H,6,13-15H2,1-5H3,(H2,23,24,25);1H. The van der Waals surface area contributed by atoms with Crippen molar-refractivity contribution in [2.24, 2.45) is 4.99 Å². The van der Waals surface area contributed by atoms with Crippen molar-refractivity contribution >= 4 is 29.9 Å². The van der Waals surface area contributed by atoms with E-state index >= 15 is 0 Å². The van der Waals surface area contributed by atoms with Gasteiger partial charge in [0, 0.05) is 12.1 Å². The fraction of sp³-hybridized carbons (Fsp3) is 0.409. The first kappa shape index (κ1) is 25.7. The molecule has 2 N–H and O–H groups in total. The molecule has 0 aliphatic carbocycles. The number of aliphatic imine (C=N–C) groups is 1. The Labute approximate surface area is 196 Å². The third kappa shape index (κ3) is 7.47. The minimum atomic E-state index is 0. The molecule has 0 unspecified atom stereocenters. The van der Waals surface area contributed by atoms with Gasteiger partial charge in [0.15, 0.2) is 17.5 Å². The molecule has 8 heteroatoms. The second-order valence-corrected chi connectivity index (χ2v) is 6.28. The van der Waals surface area contributed by atoms with Gasteiger partial charge in [0.05, 0.1) is 34.4 Å². The summed E-state index contributed by atoms with van der Waals surface area (Å²) in [6.45, 7) is 6.43. The van der Waals surface area contributed by atoms with E-state index in [4.69, 9.17) is 18.9 Å². The molecule has 166 valence electrons. The smallest absolute Gasteiger partial charge is 0.203 e. The van der Waals surface area contributed by atoms with Crippen LogP contribution in [0.5, 0.6) is 23.0 Å². The van der Waals surface area contributed by atoms with E-state index in [1.54, 1.807) is 21.3 Å². The number of ether oxygens (including phenoxy) is 4. The second-order valence-electron chi connectivity index (χ2n) is 6.28. The van der Waals surface area contributed by atoms with Gasteiger partial charge in [-0.1, -0.05) is 17.7 Å². The second kappa shape index (κ2) is 13.8. The van der Waals surface area contributed by atoms with Crippen LogP contribution in [0.2, 0.25) is 0 Å². The van der Waals surface area contributed by atoms with Gasteiger partial charge in [-0.15, -0.1) is 24.0 Å². The number of guanidine groups is 1. The van der Waals surface area contributed by atoms with Crippen molar-refractivity contribution in [3.63, 3.8) is 0 Å². The van der Waals surface area contributed by atoms with E-state index in [-0.39, 0.29) is 24.0 Å². The summed E-state index contributed by atoms with van der Waals surface area (Å²) in [5.41, 5.74) is 2.11. The molecule has 0 amide bonds. The molecular formula is C22H32IN3O4. The molecule has 0 bridgehead atoms. The predicted octanol–water partition coefficient (Wildman–Crippen LogP) is 3.77. The zero-order valence-electron chi connectivity index (χ0n) is 18.3. The van der Waals surface area contributed by atoms with Crippen LogP contribution in [0.25, 0.3) is 0 Å². The van der Waals surface area contributed by atoms with Crippen molar-refractivity contribution in [3.8, 4) is 23.0 Å². The van der Waals surface area contributed by atoms with Gasteiger partial charge < -0.3 is 29.6 Å². The lowest BCUT2D eigenvalue weighted by Crippen LogP contribution is -2.39. The molecule has 7 nitrogen and oxygen atoms in total. The number of halogens is 1. The van der Waals surface area contributed by atoms with Gasteiger partial charge in [0.2, 0.25) is 5.75 Å². The summed E-state index contributed by atoms with van der Waals surface area (Å²) in [4.78, 5) is 4.64. The van der Waals surface area contributed by atoms with E-state index < -0.39 is 0 Å². The molecule has 0 fully saturated rings. The number of hydrogen-bond acceptors (Lipinski definition) is 5. The third-order valence-electron chi connectivity index (χ3n) is 4.22. The topological polar surface area (TPSA) is 73.3 Å². The quantitative estimate of drug-likeness (QED) is 0.211. The highest BCUT2D eigenvalue weighted by Gasteiger charge is 2.15. The van der Waals surface area contributed by atoms with Crippen molar-refractivity contribution in [2.75, 3.05) is 41.0 Å². The summed E-state index contributed by atoms with van der Waals surface area (Å²) in [6.07, 6.45) is 0. The van der Waals surface area contributed by atoms with Crippen molar-refractivity contribution in [3.05, 3.63) is 47.5 Å². The van der Waals surface area contributed by atoms with E-state index in [0.29, 0.717) is 42.9 Å². The molecule has 0 spiro atoms. The first-order valence-corrected chi connectivity index (χ1v) is 9.62. The number of aryl methyl sites for hydroxylation is 1. The summed E-state index contributed by atoms with van der Waals surface area (Å²) in [5.74, 6) is 3.36. The summed E-state index contributed by atoms with van der Waals surface area (Å²) in [7, 11) is 4.80. The molecule has 0 aliphatic heterocycles. The molecule has 0 atom stereocenters. The molecular weight excluding hydrogens is 497 g/mol. The minimum Gasteiger partial charge on any atom is -0.493 e. The molecule has 0 aromatic heterocycles. The van der Waals surface area contributed by atoms with Crippen LogP contribution in [-0.4, -0.2) is 47.0 Å². The molecule has 0 radical (unpaired) electrons. The molecule has 0 heterocycles. The van der Waals surface area contributed by atoms with E-state index in [1.807, 2.05) is 43.3 Å². The van der Waals surface area contributed by atoms with Gasteiger partial charge in [-0.3, -0.25) is 0 Å². The minimum absolute atomic E-state index is 0. The normalized spacial score (nSPS) is 10.6. The number of hydrogen-bond donors (Lipinski definition) is 2. The first-order chi connectivity index (χ1) is 14.1. The van der Waals surface area contributed by atoms with E-state index in [1.165, 1.54) is 5.56 Å². The summed E-state index contributed by atoms with van der Waals surface area (Å²) < 4.78 is 22.0. The van der Waals surface area contributed by atoms with Crippen LogP contribution >= 0.6 is 24.0 Å². The predicted molar refractivity (Wildman–Crippen MR) is 131 cm³/mol. The SMILES string of the molecule is CCNC(=NCc1ccc(OC)c(OC)c1OC)NCCOc1ccc(C)cc1.I. The Balaban J connectivity index is 0.00000450. The van der Waals surface area contributed by atoms with Gasteiger partial charge >= 0.3 is 0 Å². The van der Waals surface area contributed by atoms with Crippen molar-refractivity contribution < 1.29 is 18.9 Å². The summed E-state index contributed by atoms with van der Waals surface area (Å²) in [6, 6.07) is 11.8. The highest BCUT2D eigenvalue weighted by atomic mass is 127. The van der Waals surface area contributed by atoms with Crippen LogP contribution < -0.4 is 29.6 Å². The van der Waals surface area contributed by atoms with E-state index in [0.717, 1.165) is 17.9 Å². The average Bonchev–Trinajstić information content (AvgIpc) is 2.75. The summed E-state index contributed by atoms with van der Waals surface area (Å²) >= 11 is 0. The fourth-order valence-corrected chi connectivity index (χ4v) is 2.77. The van der Waals surface area contributed by atoms with Gasteiger partial charge in [-0.2, -0.15) is 0 Å². The van der Waals surface area contributed by atoms with Crippen LogP contribution in [0.4, 0.5) is 0 Å². The molecule has 2 aromatic carbocycles. The Bertz CT molecular complexity index is 798. The fourth-order valence-electron chi connectivity index (χ4n) is 2.77. The number of methoxy groups -OCH3 is 3. The van der Waals surface area contributed by atoms with Crippen molar-refractivity contribution in [2.45, 2.75) is 20.4 Å². The largest absolute Gasteiger partial charge is 0.493 e. The Kier molecular flexibility index (Phi) is 11.8. The highest BCUT2D eigenvalue weighted by molar-refractivity contribution is 14.0.